The van der Waals surface area contributed by atoms with Crippen LogP contribution in [-0.2, 0) is 13.0 Å². The van der Waals surface area contributed by atoms with Crippen LogP contribution >= 0.6 is 12.2 Å². The molecule has 0 fully saturated rings. The zero-order valence-corrected chi connectivity index (χ0v) is 17.7. The van der Waals surface area contributed by atoms with Gasteiger partial charge in [-0.3, -0.25) is 14.3 Å². The van der Waals surface area contributed by atoms with E-state index in [1.807, 2.05) is 32.0 Å². The number of hydrogen-bond donors (Lipinski definition) is 1. The predicted octanol–water partition coefficient (Wildman–Crippen LogP) is 4.02. The van der Waals surface area contributed by atoms with Crippen LogP contribution in [0.2, 0.25) is 0 Å². The molecular weight excluding hydrogens is 394 g/mol. The highest BCUT2D eigenvalue weighted by Crippen LogP contribution is 2.23. The topological polar surface area (TPSA) is 66.8 Å². The van der Waals surface area contributed by atoms with Gasteiger partial charge in [0.05, 0.1) is 0 Å². The first-order valence-electron chi connectivity index (χ1n) is 9.92. The fourth-order valence-corrected chi connectivity index (χ4v) is 4.46. The molecule has 0 spiro atoms. The third-order valence-electron chi connectivity index (χ3n) is 5.53. The van der Waals surface area contributed by atoms with E-state index in [1.165, 1.54) is 11.1 Å². The fourth-order valence-electron chi connectivity index (χ4n) is 4.12. The number of H-pyrrole nitrogens is 1. The van der Waals surface area contributed by atoms with E-state index in [1.54, 1.807) is 10.9 Å². The van der Waals surface area contributed by atoms with Gasteiger partial charge in [-0.25, -0.2) is 4.98 Å². The van der Waals surface area contributed by atoms with Gasteiger partial charge in [0, 0.05) is 18.8 Å². The van der Waals surface area contributed by atoms with Crippen molar-refractivity contribution in [2.45, 2.75) is 26.8 Å². The third-order valence-corrected chi connectivity index (χ3v) is 5.93. The maximum Gasteiger partial charge on any atom is 0.264 e. The van der Waals surface area contributed by atoms with Crippen molar-refractivity contribution in [2.24, 2.45) is 0 Å². The van der Waals surface area contributed by atoms with Crippen molar-refractivity contribution in [2.75, 3.05) is 11.4 Å². The molecule has 1 aliphatic rings. The van der Waals surface area contributed by atoms with E-state index in [0.29, 0.717) is 28.2 Å². The van der Waals surface area contributed by atoms with Crippen LogP contribution in [0.3, 0.4) is 0 Å². The van der Waals surface area contributed by atoms with Crippen LogP contribution in [0.25, 0.3) is 16.7 Å². The Bertz CT molecular complexity index is 1380. The Morgan fingerprint density at radius 1 is 1.07 bits per heavy atom. The molecule has 0 radical (unpaired) electrons. The first-order chi connectivity index (χ1) is 14.5. The molecule has 30 heavy (non-hydrogen) atoms. The Morgan fingerprint density at radius 3 is 2.57 bits per heavy atom. The maximum absolute atomic E-state index is 13.0. The minimum Gasteiger partial charge on any atom is -0.338 e. The van der Waals surface area contributed by atoms with Gasteiger partial charge in [0.15, 0.2) is 5.65 Å². The van der Waals surface area contributed by atoms with Crippen molar-refractivity contribution in [3.63, 3.8) is 0 Å². The van der Waals surface area contributed by atoms with Gasteiger partial charge in [-0.2, -0.15) is 4.98 Å². The van der Waals surface area contributed by atoms with Gasteiger partial charge in [-0.15, -0.1) is 0 Å². The number of aryl methyl sites for hydroxylation is 2. The summed E-state index contributed by atoms with van der Waals surface area (Å²) in [6.45, 7) is 5.57. The van der Waals surface area contributed by atoms with E-state index in [9.17, 15) is 4.79 Å². The Balaban J connectivity index is 1.59. The molecule has 0 saturated heterocycles. The van der Waals surface area contributed by atoms with Crippen LogP contribution in [0.15, 0.2) is 53.6 Å². The second-order valence-corrected chi connectivity index (χ2v) is 8.18. The molecule has 2 aromatic carbocycles. The predicted molar refractivity (Wildman–Crippen MR) is 121 cm³/mol. The highest BCUT2D eigenvalue weighted by molar-refractivity contribution is 7.71. The second-order valence-electron chi connectivity index (χ2n) is 7.79. The van der Waals surface area contributed by atoms with E-state index < -0.39 is 0 Å². The van der Waals surface area contributed by atoms with Crippen molar-refractivity contribution >= 4 is 29.2 Å². The van der Waals surface area contributed by atoms with Crippen molar-refractivity contribution in [3.05, 3.63) is 86.0 Å². The van der Waals surface area contributed by atoms with Crippen molar-refractivity contribution in [3.8, 4) is 5.69 Å². The SMILES string of the molecule is Cc1cc(C)cc(-n2cnc3nc(N4CCc5ccccc5C4)[nH]c(=O)c3c2=S)c1. The summed E-state index contributed by atoms with van der Waals surface area (Å²) in [5.41, 5.74) is 5.85. The van der Waals surface area contributed by atoms with Crippen molar-refractivity contribution in [1.82, 2.24) is 19.5 Å². The van der Waals surface area contributed by atoms with Gasteiger partial charge >= 0.3 is 0 Å². The van der Waals surface area contributed by atoms with Gasteiger partial charge in [0.25, 0.3) is 5.56 Å². The summed E-state index contributed by atoms with van der Waals surface area (Å²) >= 11 is 5.65. The lowest BCUT2D eigenvalue weighted by Crippen LogP contribution is -2.33. The Hall–Kier alpha value is -3.32. The number of benzene rings is 2. The fraction of sp³-hybridized carbons (Fsp3) is 0.217. The molecule has 0 atom stereocenters. The van der Waals surface area contributed by atoms with Crippen molar-refractivity contribution in [1.29, 1.82) is 0 Å². The molecule has 0 bridgehead atoms. The summed E-state index contributed by atoms with van der Waals surface area (Å²) < 4.78 is 2.18. The first kappa shape index (κ1) is 18.7. The summed E-state index contributed by atoms with van der Waals surface area (Å²) in [4.78, 5) is 27.1. The van der Waals surface area contributed by atoms with Crippen LogP contribution < -0.4 is 10.5 Å². The zero-order valence-electron chi connectivity index (χ0n) is 16.8. The minimum absolute atomic E-state index is 0.259. The largest absolute Gasteiger partial charge is 0.338 e. The quantitative estimate of drug-likeness (QED) is 0.501. The van der Waals surface area contributed by atoms with Crippen molar-refractivity contribution < 1.29 is 0 Å². The summed E-state index contributed by atoms with van der Waals surface area (Å²) in [5.74, 6) is 0.535. The molecule has 3 heterocycles. The van der Waals surface area contributed by atoms with Gasteiger partial charge in [0.2, 0.25) is 5.95 Å². The summed E-state index contributed by atoms with van der Waals surface area (Å²) in [7, 11) is 0. The van der Waals surface area contributed by atoms with Crippen LogP contribution in [0.4, 0.5) is 5.95 Å². The lowest BCUT2D eigenvalue weighted by atomic mass is 10.0. The third kappa shape index (κ3) is 3.21. The monoisotopic (exact) mass is 415 g/mol. The second kappa shape index (κ2) is 7.18. The number of aromatic nitrogens is 4. The maximum atomic E-state index is 13.0. The van der Waals surface area contributed by atoms with Crippen LogP contribution in [0.5, 0.6) is 0 Å². The van der Waals surface area contributed by atoms with E-state index in [4.69, 9.17) is 12.2 Å². The molecule has 0 saturated carbocycles. The Kier molecular flexibility index (Phi) is 4.47. The van der Waals surface area contributed by atoms with E-state index >= 15 is 0 Å². The van der Waals surface area contributed by atoms with E-state index in [2.05, 4.69) is 44.1 Å². The molecule has 6 nitrogen and oxygen atoms in total. The molecule has 7 heteroatoms. The van der Waals surface area contributed by atoms with Gasteiger partial charge < -0.3 is 4.90 Å². The molecular formula is C23H21N5OS. The van der Waals surface area contributed by atoms with Crippen LogP contribution in [0.1, 0.15) is 22.3 Å². The molecule has 1 aliphatic heterocycles. The summed E-state index contributed by atoms with van der Waals surface area (Å²) in [6.07, 6.45) is 2.57. The Morgan fingerprint density at radius 2 is 1.80 bits per heavy atom. The molecule has 1 N–H and O–H groups in total. The summed E-state index contributed by atoms with van der Waals surface area (Å²) in [5, 5.41) is 0.341. The molecule has 150 valence electrons. The number of rotatable bonds is 2. The lowest BCUT2D eigenvalue weighted by molar-refractivity contribution is 0.707. The minimum atomic E-state index is -0.259. The van der Waals surface area contributed by atoms with E-state index in [-0.39, 0.29) is 5.56 Å². The average Bonchev–Trinajstić information content (AvgIpc) is 2.72. The molecule has 0 aliphatic carbocycles. The lowest BCUT2D eigenvalue weighted by Gasteiger charge is -2.29. The highest BCUT2D eigenvalue weighted by Gasteiger charge is 2.19. The highest BCUT2D eigenvalue weighted by atomic mass is 32.1. The Labute approximate surface area is 178 Å². The number of nitrogens with zero attached hydrogens (tertiary/aromatic N) is 4. The average molecular weight is 416 g/mol. The van der Waals surface area contributed by atoms with Gasteiger partial charge in [-0.05, 0) is 54.7 Å². The number of hydrogen-bond acceptors (Lipinski definition) is 5. The van der Waals surface area contributed by atoms with Gasteiger partial charge in [0.1, 0.15) is 16.4 Å². The number of aromatic amines is 1. The smallest absolute Gasteiger partial charge is 0.264 e. The molecule has 2 aromatic heterocycles. The summed E-state index contributed by atoms with van der Waals surface area (Å²) in [6, 6.07) is 14.5. The first-order valence-corrected chi connectivity index (χ1v) is 10.3. The molecule has 4 aromatic rings. The number of anilines is 1. The molecule has 0 amide bonds. The van der Waals surface area contributed by atoms with E-state index in [0.717, 1.165) is 29.8 Å². The van der Waals surface area contributed by atoms with Crippen LogP contribution in [-0.4, -0.2) is 26.1 Å². The van der Waals surface area contributed by atoms with Crippen LogP contribution in [0, 0.1) is 18.5 Å². The molecule has 0 unspecified atom stereocenters. The number of nitrogens with one attached hydrogen (secondary N) is 1. The number of fused-ring (bicyclic) bond motifs is 2. The van der Waals surface area contributed by atoms with Gasteiger partial charge in [-0.1, -0.05) is 42.5 Å². The normalized spacial score (nSPS) is 13.5. The molecule has 5 rings (SSSR count). The zero-order chi connectivity index (χ0) is 20.8. The standard InChI is InChI=1S/C23H21N5OS/c1-14-9-15(2)11-18(10-14)28-13-24-20-19(22(28)30)21(29)26-23(25-20)27-8-7-16-5-3-4-6-17(16)12-27/h3-6,9-11,13H,7-8,12H2,1-2H3,(H,25,26,29).